The minimum Gasteiger partial charge on any atom is -0.378 e. The topological polar surface area (TPSA) is 39.1 Å². The van der Waals surface area contributed by atoms with Gasteiger partial charge in [0.2, 0.25) is 0 Å². The lowest BCUT2D eigenvalue weighted by Gasteiger charge is -2.42. The number of hydrogen-bond acceptors (Lipinski definition) is 3. The van der Waals surface area contributed by atoms with E-state index in [0.29, 0.717) is 0 Å². The molecule has 0 aromatic heterocycles. The summed E-state index contributed by atoms with van der Waals surface area (Å²) < 4.78 is 0. The van der Waals surface area contributed by atoms with Gasteiger partial charge in [-0.25, -0.2) is 0 Å². The lowest BCUT2D eigenvalue weighted by molar-refractivity contribution is 0.233. The first-order chi connectivity index (χ1) is 8.88. The van der Waals surface area contributed by atoms with Gasteiger partial charge in [-0.15, -0.1) is 0 Å². The first-order valence-electron chi connectivity index (χ1n) is 6.83. The van der Waals surface area contributed by atoms with Crippen molar-refractivity contribution in [3.8, 4) is 6.07 Å². The van der Waals surface area contributed by atoms with Crippen molar-refractivity contribution >= 4 is 5.69 Å². The fraction of sp³-hybridized carbons (Fsp3) is 0.562. The molecule has 1 aromatic carbocycles. The van der Waals surface area contributed by atoms with Gasteiger partial charge < -0.3 is 10.2 Å². The predicted molar refractivity (Wildman–Crippen MR) is 79.4 cm³/mol. The molecule has 0 aliphatic carbocycles. The Balaban J connectivity index is 2.34. The molecule has 1 fully saturated rings. The molecule has 1 heterocycles. The smallest absolute Gasteiger partial charge is 0.0851 e. The van der Waals surface area contributed by atoms with Gasteiger partial charge in [0, 0.05) is 25.3 Å². The Labute approximate surface area is 116 Å². The van der Waals surface area contributed by atoms with Crippen LogP contribution in [0.1, 0.15) is 32.3 Å². The Hall–Kier alpha value is -1.53. The average molecular weight is 257 g/mol. The van der Waals surface area contributed by atoms with Crippen molar-refractivity contribution in [3.05, 3.63) is 29.8 Å². The average Bonchev–Trinajstić information content (AvgIpc) is 2.37. The highest BCUT2D eigenvalue weighted by atomic mass is 15.1. The Morgan fingerprint density at radius 3 is 2.32 bits per heavy atom. The fourth-order valence-corrected chi connectivity index (χ4v) is 3.00. The molecule has 1 aromatic rings. The zero-order valence-electron chi connectivity index (χ0n) is 12.3. The molecule has 1 unspecified atom stereocenters. The quantitative estimate of drug-likeness (QED) is 0.885. The SMILES string of the molecule is CN(C)c1ccc(C2(C#N)CCNC(C)(C)C2)cc1. The summed E-state index contributed by atoms with van der Waals surface area (Å²) in [5.74, 6) is 0. The van der Waals surface area contributed by atoms with E-state index >= 15 is 0 Å². The van der Waals surface area contributed by atoms with E-state index in [1.807, 2.05) is 14.1 Å². The zero-order chi connectivity index (χ0) is 14.1. The van der Waals surface area contributed by atoms with Crippen molar-refractivity contribution in [1.29, 1.82) is 5.26 Å². The number of nitriles is 1. The van der Waals surface area contributed by atoms with E-state index < -0.39 is 0 Å². The number of hydrogen-bond donors (Lipinski definition) is 1. The number of benzene rings is 1. The summed E-state index contributed by atoms with van der Waals surface area (Å²) in [5.41, 5.74) is 1.99. The summed E-state index contributed by atoms with van der Waals surface area (Å²) in [5, 5.41) is 13.2. The number of nitrogens with one attached hydrogen (secondary N) is 1. The third-order valence-electron chi connectivity index (χ3n) is 4.05. The van der Waals surface area contributed by atoms with Crippen molar-refractivity contribution < 1.29 is 0 Å². The first kappa shape index (κ1) is 13.9. The van der Waals surface area contributed by atoms with Crippen LogP contribution >= 0.6 is 0 Å². The van der Waals surface area contributed by atoms with Crippen LogP contribution in [0, 0.1) is 11.3 Å². The molecule has 1 aliphatic heterocycles. The fourth-order valence-electron chi connectivity index (χ4n) is 3.00. The van der Waals surface area contributed by atoms with E-state index in [4.69, 9.17) is 0 Å². The van der Waals surface area contributed by atoms with Crippen LogP contribution in [0.4, 0.5) is 5.69 Å². The molecule has 0 saturated carbocycles. The molecule has 3 heteroatoms. The maximum Gasteiger partial charge on any atom is 0.0851 e. The van der Waals surface area contributed by atoms with Gasteiger partial charge in [0.05, 0.1) is 11.5 Å². The molecule has 0 spiro atoms. The third kappa shape index (κ3) is 2.74. The lowest BCUT2D eigenvalue weighted by atomic mass is 9.68. The van der Waals surface area contributed by atoms with E-state index in [1.165, 1.54) is 5.69 Å². The Morgan fingerprint density at radius 1 is 1.21 bits per heavy atom. The summed E-state index contributed by atoms with van der Waals surface area (Å²) in [4.78, 5) is 2.08. The van der Waals surface area contributed by atoms with Crippen LogP contribution in [0.15, 0.2) is 24.3 Å². The van der Waals surface area contributed by atoms with Gasteiger partial charge in [-0.1, -0.05) is 12.1 Å². The van der Waals surface area contributed by atoms with Crippen LogP contribution in [-0.2, 0) is 5.41 Å². The summed E-state index contributed by atoms with van der Waals surface area (Å²) in [6.07, 6.45) is 1.74. The summed E-state index contributed by atoms with van der Waals surface area (Å²) in [7, 11) is 4.06. The maximum absolute atomic E-state index is 9.72. The van der Waals surface area contributed by atoms with Gasteiger partial charge in [0.1, 0.15) is 0 Å². The van der Waals surface area contributed by atoms with Crippen LogP contribution in [-0.4, -0.2) is 26.2 Å². The van der Waals surface area contributed by atoms with Crippen molar-refractivity contribution in [2.45, 2.75) is 37.6 Å². The largest absolute Gasteiger partial charge is 0.378 e. The molecule has 0 amide bonds. The Kier molecular flexibility index (Phi) is 3.56. The van der Waals surface area contributed by atoms with Crippen LogP contribution in [0.25, 0.3) is 0 Å². The minimum atomic E-state index is -0.348. The number of nitrogens with zero attached hydrogens (tertiary/aromatic N) is 2. The second-order valence-corrected chi connectivity index (χ2v) is 6.37. The van der Waals surface area contributed by atoms with Gasteiger partial charge in [-0.3, -0.25) is 0 Å². The van der Waals surface area contributed by atoms with Gasteiger partial charge >= 0.3 is 0 Å². The number of piperidine rings is 1. The second kappa shape index (κ2) is 4.86. The van der Waals surface area contributed by atoms with Gasteiger partial charge in [-0.05, 0) is 50.9 Å². The highest BCUT2D eigenvalue weighted by molar-refractivity contribution is 5.48. The Morgan fingerprint density at radius 2 is 1.84 bits per heavy atom. The van der Waals surface area contributed by atoms with E-state index in [9.17, 15) is 5.26 Å². The highest BCUT2D eigenvalue weighted by Crippen LogP contribution is 2.38. The molecule has 1 saturated heterocycles. The molecule has 1 atom stereocenters. The van der Waals surface area contributed by atoms with Crippen molar-refractivity contribution in [2.75, 3.05) is 25.5 Å². The number of rotatable bonds is 2. The number of anilines is 1. The van der Waals surface area contributed by atoms with Crippen LogP contribution in [0.3, 0.4) is 0 Å². The first-order valence-corrected chi connectivity index (χ1v) is 6.83. The van der Waals surface area contributed by atoms with E-state index in [2.05, 4.69) is 54.4 Å². The molecular formula is C16H23N3. The zero-order valence-corrected chi connectivity index (χ0v) is 12.3. The monoisotopic (exact) mass is 257 g/mol. The molecule has 102 valence electrons. The molecule has 1 aliphatic rings. The molecule has 19 heavy (non-hydrogen) atoms. The minimum absolute atomic E-state index is 0.0220. The summed E-state index contributed by atoms with van der Waals surface area (Å²) in [6.45, 7) is 5.24. The van der Waals surface area contributed by atoms with E-state index in [0.717, 1.165) is 24.9 Å². The second-order valence-electron chi connectivity index (χ2n) is 6.37. The molecule has 3 nitrogen and oxygen atoms in total. The van der Waals surface area contributed by atoms with Crippen LogP contribution < -0.4 is 10.2 Å². The van der Waals surface area contributed by atoms with Crippen molar-refractivity contribution in [1.82, 2.24) is 5.32 Å². The summed E-state index contributed by atoms with van der Waals surface area (Å²) >= 11 is 0. The summed E-state index contributed by atoms with van der Waals surface area (Å²) in [6, 6.07) is 11.0. The predicted octanol–water partition coefficient (Wildman–Crippen LogP) is 2.68. The van der Waals surface area contributed by atoms with Gasteiger partial charge in [0.25, 0.3) is 0 Å². The molecular weight excluding hydrogens is 234 g/mol. The van der Waals surface area contributed by atoms with E-state index in [1.54, 1.807) is 0 Å². The normalized spacial score (nSPS) is 25.6. The molecule has 1 N–H and O–H groups in total. The van der Waals surface area contributed by atoms with Gasteiger partial charge in [0.15, 0.2) is 0 Å². The van der Waals surface area contributed by atoms with E-state index in [-0.39, 0.29) is 11.0 Å². The standard InChI is InChI=1S/C16H23N3/c1-15(2)11-16(12-17,9-10-18-15)13-5-7-14(8-6-13)19(3)4/h5-8,18H,9-11H2,1-4H3. The Bertz CT molecular complexity index is 482. The third-order valence-corrected chi connectivity index (χ3v) is 4.05. The van der Waals surface area contributed by atoms with Gasteiger partial charge in [-0.2, -0.15) is 5.26 Å². The molecule has 0 radical (unpaired) electrons. The molecule has 0 bridgehead atoms. The highest BCUT2D eigenvalue weighted by Gasteiger charge is 2.41. The lowest BCUT2D eigenvalue weighted by Crippen LogP contribution is -2.52. The van der Waals surface area contributed by atoms with Crippen LogP contribution in [0.2, 0.25) is 0 Å². The van der Waals surface area contributed by atoms with Crippen molar-refractivity contribution in [2.24, 2.45) is 0 Å². The molecule has 2 rings (SSSR count). The maximum atomic E-state index is 9.72. The van der Waals surface area contributed by atoms with Crippen molar-refractivity contribution in [3.63, 3.8) is 0 Å². The van der Waals surface area contributed by atoms with Crippen LogP contribution in [0.5, 0.6) is 0 Å².